The zero-order chi connectivity index (χ0) is 14.4. The molecule has 0 aliphatic carbocycles. The highest BCUT2D eigenvalue weighted by Crippen LogP contribution is 2.26. The van der Waals surface area contributed by atoms with Crippen LogP contribution in [0.1, 0.15) is 18.1 Å². The summed E-state index contributed by atoms with van der Waals surface area (Å²) >= 11 is 1.81. The van der Waals surface area contributed by atoms with Crippen LogP contribution in [0.4, 0.5) is 5.69 Å². The van der Waals surface area contributed by atoms with E-state index in [1.807, 2.05) is 25.1 Å². The number of rotatable bonds is 6. The molecule has 0 heterocycles. The summed E-state index contributed by atoms with van der Waals surface area (Å²) in [6.45, 7) is 5.93. The van der Waals surface area contributed by atoms with Crippen molar-refractivity contribution in [2.75, 3.05) is 19.3 Å². The van der Waals surface area contributed by atoms with Gasteiger partial charge in [-0.1, -0.05) is 17.7 Å². The number of hydrogen-bond donors (Lipinski definition) is 2. The van der Waals surface area contributed by atoms with Gasteiger partial charge in [-0.15, -0.1) is 11.8 Å². The Morgan fingerprint density at radius 3 is 2.74 bits per heavy atom. The molecule has 0 aliphatic rings. The highest BCUT2D eigenvalue weighted by molar-refractivity contribution is 8.02. The van der Waals surface area contributed by atoms with Gasteiger partial charge in [0.2, 0.25) is 0 Å². The van der Waals surface area contributed by atoms with E-state index in [-0.39, 0.29) is 0 Å². The first-order valence-electron chi connectivity index (χ1n) is 6.40. The molecule has 0 amide bonds. The van der Waals surface area contributed by atoms with E-state index in [4.69, 9.17) is 0 Å². The normalized spacial score (nSPS) is 11.4. The van der Waals surface area contributed by atoms with Gasteiger partial charge >= 0.3 is 7.05 Å². The average molecular weight is 278 g/mol. The molecule has 1 rings (SSSR count). The second kappa shape index (κ2) is 7.51. The number of hydrogen-bond acceptors (Lipinski definition) is 4. The molecule has 0 saturated carbocycles. The molecule has 5 heteroatoms. The number of anilines is 1. The van der Waals surface area contributed by atoms with Gasteiger partial charge in [-0.3, -0.25) is 0 Å². The summed E-state index contributed by atoms with van der Waals surface area (Å²) in [4.78, 5) is 3.32. The van der Waals surface area contributed by atoms with E-state index < -0.39 is 7.05 Å². The maximum absolute atomic E-state index is 9.46. The van der Waals surface area contributed by atoms with E-state index >= 15 is 0 Å². The lowest BCUT2D eigenvalue weighted by molar-refractivity contribution is 0.562. The molecular formula is C14H23BN2OS. The molecule has 104 valence electrons. The van der Waals surface area contributed by atoms with E-state index in [2.05, 4.69) is 37.4 Å². The molecule has 3 nitrogen and oxygen atoms in total. The van der Waals surface area contributed by atoms with Gasteiger partial charge in [0.25, 0.3) is 0 Å². The Bertz CT molecular complexity index is 447. The number of aryl methyl sites for hydroxylation is 1. The number of nitrogens with one attached hydrogen (secondary N) is 1. The van der Waals surface area contributed by atoms with Crippen molar-refractivity contribution in [3.05, 3.63) is 40.4 Å². The number of nitrogens with zero attached hydrogens (tertiary/aromatic N) is 1. The second-order valence-corrected chi connectivity index (χ2v) is 6.19. The number of allylic oxidation sites excluding steroid dienone is 1. The minimum atomic E-state index is -0.537. The average Bonchev–Trinajstić information content (AvgIpc) is 2.28. The van der Waals surface area contributed by atoms with Crippen molar-refractivity contribution in [2.45, 2.75) is 26.4 Å². The molecule has 0 bridgehead atoms. The number of benzene rings is 1. The zero-order valence-corrected chi connectivity index (χ0v) is 13.2. The van der Waals surface area contributed by atoms with Gasteiger partial charge in [-0.05, 0) is 37.2 Å². The van der Waals surface area contributed by atoms with Crippen molar-refractivity contribution in [1.82, 2.24) is 4.90 Å². The molecule has 1 aromatic carbocycles. The molecule has 0 atom stereocenters. The van der Waals surface area contributed by atoms with Crippen molar-refractivity contribution in [3.8, 4) is 0 Å². The summed E-state index contributed by atoms with van der Waals surface area (Å²) in [5.41, 5.74) is 3.46. The minimum Gasteiger partial charge on any atom is -0.433 e. The van der Waals surface area contributed by atoms with Crippen LogP contribution in [0.3, 0.4) is 0 Å². The van der Waals surface area contributed by atoms with Crippen LogP contribution in [0.2, 0.25) is 6.82 Å². The number of thioether (sulfide) groups is 1. The fourth-order valence-corrected chi connectivity index (χ4v) is 2.71. The molecule has 0 aliphatic heterocycles. The molecule has 0 fully saturated rings. The van der Waals surface area contributed by atoms with Gasteiger partial charge in [0.05, 0.1) is 0 Å². The molecule has 19 heavy (non-hydrogen) atoms. The standard InChI is InChI=1S/C14H23BN2OS/c1-11-6-7-14(16-15(3)18)13(8-11)10-19-12(2)9-17(4)5/h6-9,16,18H,10H2,1-5H3/b12-9-. The topological polar surface area (TPSA) is 35.5 Å². The molecule has 0 saturated heterocycles. The summed E-state index contributed by atoms with van der Waals surface area (Å²) < 4.78 is 0. The van der Waals surface area contributed by atoms with Crippen LogP contribution in [-0.2, 0) is 5.75 Å². The molecule has 0 unspecified atom stereocenters. The van der Waals surface area contributed by atoms with E-state index in [0.717, 1.165) is 11.4 Å². The monoisotopic (exact) mass is 278 g/mol. The summed E-state index contributed by atoms with van der Waals surface area (Å²) in [5.74, 6) is 0.896. The highest BCUT2D eigenvalue weighted by Gasteiger charge is 2.08. The van der Waals surface area contributed by atoms with Crippen LogP contribution in [0.5, 0.6) is 0 Å². The van der Waals surface area contributed by atoms with Gasteiger partial charge in [0.1, 0.15) is 0 Å². The first-order valence-corrected chi connectivity index (χ1v) is 7.39. The molecule has 0 radical (unpaired) electrons. The quantitative estimate of drug-likeness (QED) is 0.783. The van der Waals surface area contributed by atoms with Crippen molar-refractivity contribution in [1.29, 1.82) is 0 Å². The Morgan fingerprint density at radius 1 is 1.47 bits per heavy atom. The summed E-state index contributed by atoms with van der Waals surface area (Å²) in [6, 6.07) is 6.25. The Morgan fingerprint density at radius 2 is 2.16 bits per heavy atom. The zero-order valence-electron chi connectivity index (χ0n) is 12.4. The summed E-state index contributed by atoms with van der Waals surface area (Å²) in [7, 11) is 3.51. The lowest BCUT2D eigenvalue weighted by atomic mass is 9.88. The van der Waals surface area contributed by atoms with Crippen LogP contribution in [-0.4, -0.2) is 31.1 Å². The Hall–Kier alpha value is -1.07. The summed E-state index contributed by atoms with van der Waals surface area (Å²) in [6.07, 6.45) is 2.11. The van der Waals surface area contributed by atoms with Crippen LogP contribution in [0.25, 0.3) is 0 Å². The van der Waals surface area contributed by atoms with E-state index in [0.29, 0.717) is 0 Å². The minimum absolute atomic E-state index is 0.537. The van der Waals surface area contributed by atoms with Crippen molar-refractivity contribution >= 4 is 24.5 Å². The molecule has 2 N–H and O–H groups in total. The molecular weight excluding hydrogens is 255 g/mol. The van der Waals surface area contributed by atoms with Crippen molar-refractivity contribution in [3.63, 3.8) is 0 Å². The predicted octanol–water partition coefficient (Wildman–Crippen LogP) is 3.17. The third-order valence-electron chi connectivity index (χ3n) is 2.52. The predicted molar refractivity (Wildman–Crippen MR) is 87.4 cm³/mol. The third kappa shape index (κ3) is 6.08. The van der Waals surface area contributed by atoms with Crippen LogP contribution < -0.4 is 5.23 Å². The van der Waals surface area contributed by atoms with E-state index in [9.17, 15) is 5.02 Å². The molecule has 1 aromatic rings. The lowest BCUT2D eigenvalue weighted by Gasteiger charge is -2.14. The molecule has 0 spiro atoms. The van der Waals surface area contributed by atoms with E-state index in [1.54, 1.807) is 18.6 Å². The largest absolute Gasteiger partial charge is 0.433 e. The Balaban J connectivity index is 2.78. The fourth-order valence-electron chi connectivity index (χ4n) is 1.80. The van der Waals surface area contributed by atoms with Gasteiger partial charge in [-0.25, -0.2) is 0 Å². The molecule has 0 aromatic heterocycles. The van der Waals surface area contributed by atoms with Gasteiger partial charge in [0.15, 0.2) is 0 Å². The smallest absolute Gasteiger partial charge is 0.406 e. The van der Waals surface area contributed by atoms with Gasteiger partial charge in [-0.2, -0.15) is 0 Å². The van der Waals surface area contributed by atoms with Gasteiger partial charge < -0.3 is 15.2 Å². The first kappa shape index (κ1) is 16.0. The van der Waals surface area contributed by atoms with Crippen molar-refractivity contribution < 1.29 is 5.02 Å². The summed E-state index contributed by atoms with van der Waals surface area (Å²) in [5, 5.41) is 12.5. The first-order chi connectivity index (χ1) is 8.88. The third-order valence-corrected chi connectivity index (χ3v) is 3.54. The lowest BCUT2D eigenvalue weighted by Crippen LogP contribution is -2.20. The SMILES string of the molecule is CB(O)Nc1ccc(C)cc1CS/C(C)=C\N(C)C. The Kier molecular flexibility index (Phi) is 6.32. The van der Waals surface area contributed by atoms with Crippen LogP contribution in [0.15, 0.2) is 29.3 Å². The van der Waals surface area contributed by atoms with Gasteiger partial charge in [0, 0.05) is 31.7 Å². The van der Waals surface area contributed by atoms with Crippen molar-refractivity contribution in [2.24, 2.45) is 0 Å². The van der Waals surface area contributed by atoms with Crippen LogP contribution >= 0.6 is 11.8 Å². The Labute approximate surface area is 121 Å². The fraction of sp³-hybridized carbons (Fsp3) is 0.429. The maximum Gasteiger partial charge on any atom is 0.406 e. The maximum atomic E-state index is 9.46. The second-order valence-electron chi connectivity index (χ2n) is 4.97. The van der Waals surface area contributed by atoms with Crippen LogP contribution in [0, 0.1) is 6.92 Å². The highest BCUT2D eigenvalue weighted by atomic mass is 32.2. The van der Waals surface area contributed by atoms with E-state index in [1.165, 1.54) is 16.0 Å².